The quantitative estimate of drug-likeness (QED) is 0.361. The zero-order valence-electron chi connectivity index (χ0n) is 17.5. The van der Waals surface area contributed by atoms with Gasteiger partial charge in [0.2, 0.25) is 5.91 Å². The zero-order valence-corrected chi connectivity index (χ0v) is 19.2. The van der Waals surface area contributed by atoms with E-state index >= 15 is 0 Å². The molecule has 0 atom stereocenters. The number of aryl methyl sites for hydroxylation is 2. The van der Waals surface area contributed by atoms with Crippen molar-refractivity contribution in [1.82, 2.24) is 14.8 Å². The minimum absolute atomic E-state index is 0.0625. The predicted octanol–water partition coefficient (Wildman–Crippen LogP) is 5.52. The van der Waals surface area contributed by atoms with E-state index < -0.39 is 0 Å². The number of hydrogen-bond donors (Lipinski definition) is 1. The average Bonchev–Trinajstić information content (AvgIpc) is 3.44. The number of hydrogen-bond acceptors (Lipinski definition) is 5. The van der Waals surface area contributed by atoms with Crippen molar-refractivity contribution in [2.45, 2.75) is 31.8 Å². The van der Waals surface area contributed by atoms with Crippen LogP contribution < -0.4 is 5.32 Å². The van der Waals surface area contributed by atoms with Crippen molar-refractivity contribution >= 4 is 34.7 Å². The molecule has 7 heteroatoms. The molecule has 0 saturated carbocycles. The smallest absolute Gasteiger partial charge is 0.234 e. The number of nitrogens with zero attached hydrogens (tertiary/aromatic N) is 3. The van der Waals surface area contributed by atoms with Crippen molar-refractivity contribution in [3.05, 3.63) is 87.9 Å². The number of anilines is 1. The Bertz CT molecular complexity index is 1130. The standard InChI is InChI=1S/C24H24N4OS2/c1-3-18-8-10-19(11-9-18)25-23(29)16-31-24-27-26-22(15-21-5-4-14-30-21)28(24)20-12-6-17(2)7-13-20/h4-14H,3,15-16H2,1-2H3,(H,25,29). The van der Waals surface area contributed by atoms with Gasteiger partial charge in [-0.1, -0.05) is 54.6 Å². The molecule has 1 amide bonds. The van der Waals surface area contributed by atoms with E-state index in [9.17, 15) is 4.79 Å². The summed E-state index contributed by atoms with van der Waals surface area (Å²) in [6.45, 7) is 4.18. The van der Waals surface area contributed by atoms with Crippen molar-refractivity contribution < 1.29 is 4.79 Å². The summed E-state index contributed by atoms with van der Waals surface area (Å²) in [6.07, 6.45) is 1.68. The highest BCUT2D eigenvalue weighted by Gasteiger charge is 2.17. The Balaban J connectivity index is 1.50. The molecule has 1 N–H and O–H groups in total. The van der Waals surface area contributed by atoms with Crippen LogP contribution in [0.5, 0.6) is 0 Å². The average molecular weight is 449 g/mol. The highest BCUT2D eigenvalue weighted by atomic mass is 32.2. The first-order chi connectivity index (χ1) is 15.1. The summed E-state index contributed by atoms with van der Waals surface area (Å²) in [6, 6.07) is 20.4. The van der Waals surface area contributed by atoms with Crippen LogP contribution in [0.3, 0.4) is 0 Å². The van der Waals surface area contributed by atoms with E-state index in [-0.39, 0.29) is 11.7 Å². The van der Waals surface area contributed by atoms with E-state index in [4.69, 9.17) is 0 Å². The number of carbonyl (C=O) groups excluding carboxylic acids is 1. The van der Waals surface area contributed by atoms with Gasteiger partial charge in [0.1, 0.15) is 5.82 Å². The van der Waals surface area contributed by atoms with Gasteiger partial charge in [-0.25, -0.2) is 0 Å². The molecule has 0 aliphatic heterocycles. The highest BCUT2D eigenvalue weighted by Crippen LogP contribution is 2.25. The number of aromatic nitrogens is 3. The van der Waals surface area contributed by atoms with Crippen molar-refractivity contribution in [2.24, 2.45) is 0 Å². The maximum Gasteiger partial charge on any atom is 0.234 e. The van der Waals surface area contributed by atoms with Gasteiger partial charge in [-0.05, 0) is 54.6 Å². The third-order valence-electron chi connectivity index (χ3n) is 4.88. The van der Waals surface area contributed by atoms with E-state index in [1.807, 2.05) is 34.9 Å². The van der Waals surface area contributed by atoms with Crippen LogP contribution in [0.25, 0.3) is 5.69 Å². The van der Waals surface area contributed by atoms with Crippen LogP contribution in [0.2, 0.25) is 0 Å². The van der Waals surface area contributed by atoms with Crippen LogP contribution in [0.4, 0.5) is 5.69 Å². The van der Waals surface area contributed by atoms with Crippen LogP contribution in [-0.2, 0) is 17.6 Å². The predicted molar refractivity (Wildman–Crippen MR) is 128 cm³/mol. The lowest BCUT2D eigenvalue weighted by atomic mass is 10.1. The first kappa shape index (κ1) is 21.3. The van der Waals surface area contributed by atoms with Gasteiger partial charge in [-0.3, -0.25) is 9.36 Å². The minimum atomic E-state index is -0.0625. The summed E-state index contributed by atoms with van der Waals surface area (Å²) in [4.78, 5) is 13.7. The molecule has 4 aromatic rings. The lowest BCUT2D eigenvalue weighted by Crippen LogP contribution is -2.14. The van der Waals surface area contributed by atoms with Gasteiger partial charge in [-0.2, -0.15) is 0 Å². The van der Waals surface area contributed by atoms with Crippen molar-refractivity contribution in [3.63, 3.8) is 0 Å². The molecule has 31 heavy (non-hydrogen) atoms. The number of nitrogens with one attached hydrogen (secondary N) is 1. The molecule has 0 radical (unpaired) electrons. The molecule has 0 unspecified atom stereocenters. The third-order valence-corrected chi connectivity index (χ3v) is 6.69. The van der Waals surface area contributed by atoms with E-state index in [1.165, 1.54) is 27.8 Å². The summed E-state index contributed by atoms with van der Waals surface area (Å²) in [7, 11) is 0. The van der Waals surface area contributed by atoms with E-state index in [2.05, 4.69) is 65.1 Å². The van der Waals surface area contributed by atoms with Crippen molar-refractivity contribution in [1.29, 1.82) is 0 Å². The molecule has 0 bridgehead atoms. The lowest BCUT2D eigenvalue weighted by molar-refractivity contribution is -0.113. The number of rotatable bonds is 8. The molecular formula is C24H24N4OS2. The highest BCUT2D eigenvalue weighted by molar-refractivity contribution is 7.99. The first-order valence-electron chi connectivity index (χ1n) is 10.2. The Hall–Kier alpha value is -2.90. The second kappa shape index (κ2) is 9.94. The molecule has 0 aliphatic carbocycles. The summed E-state index contributed by atoms with van der Waals surface area (Å²) in [5.74, 6) is 1.07. The normalized spacial score (nSPS) is 10.9. The van der Waals surface area contributed by atoms with Gasteiger partial charge in [0, 0.05) is 22.7 Å². The largest absolute Gasteiger partial charge is 0.325 e. The molecule has 0 saturated heterocycles. The number of carbonyl (C=O) groups is 1. The molecule has 2 aromatic heterocycles. The second-order valence-electron chi connectivity index (χ2n) is 7.21. The van der Waals surface area contributed by atoms with Crippen LogP contribution in [0, 0.1) is 6.92 Å². The van der Waals surface area contributed by atoms with Crippen LogP contribution in [0.1, 0.15) is 28.8 Å². The number of amides is 1. The van der Waals surface area contributed by atoms with Crippen LogP contribution in [-0.4, -0.2) is 26.4 Å². The molecule has 4 rings (SSSR count). The Morgan fingerprint density at radius 1 is 1.06 bits per heavy atom. The van der Waals surface area contributed by atoms with Crippen molar-refractivity contribution in [3.8, 4) is 5.69 Å². The third kappa shape index (κ3) is 5.42. The fraction of sp³-hybridized carbons (Fsp3) is 0.208. The Labute approximate surface area is 190 Å². The van der Waals surface area contributed by atoms with E-state index in [0.717, 1.165) is 23.6 Å². The maximum absolute atomic E-state index is 12.5. The maximum atomic E-state index is 12.5. The summed E-state index contributed by atoms with van der Waals surface area (Å²) >= 11 is 3.10. The number of thiophene rings is 1. The molecule has 2 heterocycles. The fourth-order valence-electron chi connectivity index (χ4n) is 3.18. The lowest BCUT2D eigenvalue weighted by Gasteiger charge is -2.10. The van der Waals surface area contributed by atoms with Crippen LogP contribution >= 0.6 is 23.1 Å². The molecule has 0 fully saturated rings. The van der Waals surface area contributed by atoms with Gasteiger partial charge in [0.25, 0.3) is 0 Å². The summed E-state index contributed by atoms with van der Waals surface area (Å²) in [5.41, 5.74) is 4.25. The van der Waals surface area contributed by atoms with Gasteiger partial charge >= 0.3 is 0 Å². The minimum Gasteiger partial charge on any atom is -0.325 e. The number of benzene rings is 2. The molecule has 0 spiro atoms. The van der Waals surface area contributed by atoms with E-state index in [0.29, 0.717) is 11.6 Å². The van der Waals surface area contributed by atoms with Gasteiger partial charge < -0.3 is 5.32 Å². The number of thioether (sulfide) groups is 1. The summed E-state index contributed by atoms with van der Waals surface area (Å²) in [5, 5.41) is 14.6. The molecular weight excluding hydrogens is 424 g/mol. The van der Waals surface area contributed by atoms with E-state index in [1.54, 1.807) is 11.3 Å². The zero-order chi connectivity index (χ0) is 21.6. The SMILES string of the molecule is CCc1ccc(NC(=O)CSc2nnc(Cc3cccs3)n2-c2ccc(C)cc2)cc1. The van der Waals surface area contributed by atoms with Gasteiger partial charge in [0.05, 0.1) is 5.75 Å². The molecule has 0 aliphatic rings. The molecule has 2 aromatic carbocycles. The topological polar surface area (TPSA) is 59.8 Å². The Morgan fingerprint density at radius 3 is 2.52 bits per heavy atom. The van der Waals surface area contributed by atoms with Crippen LogP contribution in [0.15, 0.2) is 71.2 Å². The monoisotopic (exact) mass is 448 g/mol. The molecule has 158 valence electrons. The van der Waals surface area contributed by atoms with Gasteiger partial charge in [-0.15, -0.1) is 21.5 Å². The molecule has 5 nitrogen and oxygen atoms in total. The first-order valence-corrected chi connectivity index (χ1v) is 12.0. The second-order valence-corrected chi connectivity index (χ2v) is 9.19. The summed E-state index contributed by atoms with van der Waals surface area (Å²) < 4.78 is 2.05. The van der Waals surface area contributed by atoms with Gasteiger partial charge in [0.15, 0.2) is 5.16 Å². The Morgan fingerprint density at radius 2 is 1.84 bits per heavy atom. The fourth-order valence-corrected chi connectivity index (χ4v) is 4.65. The van der Waals surface area contributed by atoms with Crippen molar-refractivity contribution in [2.75, 3.05) is 11.1 Å². The Kier molecular flexibility index (Phi) is 6.84.